The third kappa shape index (κ3) is 3.48. The second-order valence-corrected chi connectivity index (χ2v) is 6.09. The number of nitrogens with one attached hydrogen (secondary N) is 1. The number of pyridine rings is 1. The zero-order valence-corrected chi connectivity index (χ0v) is 12.1. The first kappa shape index (κ1) is 13.4. The lowest BCUT2D eigenvalue weighted by atomic mass is 10.0. The lowest BCUT2D eigenvalue weighted by molar-refractivity contribution is 0.481. The molecule has 1 aromatic heterocycles. The molecule has 0 spiro atoms. The first-order chi connectivity index (χ1) is 8.66. The van der Waals surface area contributed by atoms with E-state index in [1.807, 2.05) is 36.2 Å². The molecule has 0 saturated heterocycles. The molecule has 0 aliphatic carbocycles. The normalized spacial score (nSPS) is 21.6. The summed E-state index contributed by atoms with van der Waals surface area (Å²) in [5, 5.41) is 4.54. The average molecular weight is 263 g/mol. The average Bonchev–Trinajstić information content (AvgIpc) is 2.40. The predicted octanol–water partition coefficient (Wildman–Crippen LogP) is 3.25. The molecule has 98 valence electrons. The minimum absolute atomic E-state index is 0.211. The summed E-state index contributed by atoms with van der Waals surface area (Å²) in [4.78, 5) is 9.16. The van der Waals surface area contributed by atoms with Gasteiger partial charge in [0.15, 0.2) is 5.17 Å². The Morgan fingerprint density at radius 3 is 2.83 bits per heavy atom. The lowest BCUT2D eigenvalue weighted by Crippen LogP contribution is -2.31. The molecule has 4 heteroatoms. The van der Waals surface area contributed by atoms with E-state index in [-0.39, 0.29) is 6.04 Å². The number of aliphatic imine (C=N–C) groups is 1. The number of nitrogens with zero attached hydrogens (tertiary/aromatic N) is 2. The van der Waals surface area contributed by atoms with Gasteiger partial charge in [0, 0.05) is 11.9 Å². The second kappa shape index (κ2) is 6.23. The van der Waals surface area contributed by atoms with Gasteiger partial charge in [-0.1, -0.05) is 31.7 Å². The van der Waals surface area contributed by atoms with Crippen LogP contribution in [-0.4, -0.2) is 21.9 Å². The maximum absolute atomic E-state index is 4.79. The Labute approximate surface area is 113 Å². The Bertz CT molecular complexity index is 403. The molecule has 18 heavy (non-hydrogen) atoms. The molecule has 1 aromatic rings. The quantitative estimate of drug-likeness (QED) is 0.909. The fourth-order valence-corrected chi connectivity index (χ4v) is 3.00. The van der Waals surface area contributed by atoms with Crippen molar-refractivity contribution in [2.75, 3.05) is 5.75 Å². The largest absolute Gasteiger partial charge is 0.357 e. The summed E-state index contributed by atoms with van der Waals surface area (Å²) < 4.78 is 0. The second-order valence-electron chi connectivity index (χ2n) is 5.00. The first-order valence-electron chi connectivity index (χ1n) is 6.55. The molecular formula is C14H21N3S. The van der Waals surface area contributed by atoms with Crippen molar-refractivity contribution in [3.8, 4) is 0 Å². The van der Waals surface area contributed by atoms with Crippen LogP contribution in [0.2, 0.25) is 0 Å². The van der Waals surface area contributed by atoms with Crippen LogP contribution in [0.3, 0.4) is 0 Å². The van der Waals surface area contributed by atoms with E-state index in [0.29, 0.717) is 12.0 Å². The number of hydrogen-bond acceptors (Lipinski definition) is 4. The van der Waals surface area contributed by atoms with Crippen LogP contribution < -0.4 is 5.32 Å². The summed E-state index contributed by atoms with van der Waals surface area (Å²) in [5.74, 6) is 1.77. The topological polar surface area (TPSA) is 37.3 Å². The van der Waals surface area contributed by atoms with Gasteiger partial charge in [0.1, 0.15) is 0 Å². The molecule has 2 rings (SSSR count). The van der Waals surface area contributed by atoms with E-state index in [4.69, 9.17) is 4.99 Å². The van der Waals surface area contributed by atoms with Crippen LogP contribution in [0.4, 0.5) is 0 Å². The number of aromatic nitrogens is 1. The monoisotopic (exact) mass is 263 g/mol. The fourth-order valence-electron chi connectivity index (χ4n) is 1.98. The van der Waals surface area contributed by atoms with E-state index in [2.05, 4.69) is 31.1 Å². The van der Waals surface area contributed by atoms with E-state index < -0.39 is 0 Å². The smallest absolute Gasteiger partial charge is 0.157 e. The molecule has 0 bridgehead atoms. The van der Waals surface area contributed by atoms with E-state index in [1.165, 1.54) is 6.42 Å². The maximum atomic E-state index is 4.79. The van der Waals surface area contributed by atoms with Crippen molar-refractivity contribution < 1.29 is 0 Å². The van der Waals surface area contributed by atoms with E-state index >= 15 is 0 Å². The molecule has 2 unspecified atom stereocenters. The van der Waals surface area contributed by atoms with Crippen LogP contribution in [0.5, 0.6) is 0 Å². The maximum Gasteiger partial charge on any atom is 0.157 e. The van der Waals surface area contributed by atoms with Crippen LogP contribution in [0.1, 0.15) is 38.9 Å². The Hall–Kier alpha value is -1.03. The molecule has 3 nitrogen and oxygen atoms in total. The minimum Gasteiger partial charge on any atom is -0.357 e. The van der Waals surface area contributed by atoms with Gasteiger partial charge in [-0.15, -0.1) is 0 Å². The fraction of sp³-hybridized carbons (Fsp3) is 0.571. The SMILES string of the molecule is CC(NC1=NC(C(C)C)CCS1)c1ccccn1. The number of rotatable bonds is 3. The third-order valence-corrected chi connectivity index (χ3v) is 4.11. The summed E-state index contributed by atoms with van der Waals surface area (Å²) in [6.45, 7) is 6.61. The summed E-state index contributed by atoms with van der Waals surface area (Å²) in [7, 11) is 0. The zero-order valence-electron chi connectivity index (χ0n) is 11.3. The van der Waals surface area contributed by atoms with Crippen molar-refractivity contribution in [1.29, 1.82) is 0 Å². The molecule has 2 atom stereocenters. The third-order valence-electron chi connectivity index (χ3n) is 3.18. The van der Waals surface area contributed by atoms with E-state index in [9.17, 15) is 0 Å². The van der Waals surface area contributed by atoms with Crippen molar-refractivity contribution in [2.45, 2.75) is 39.3 Å². The molecule has 1 N–H and O–H groups in total. The highest BCUT2D eigenvalue weighted by Gasteiger charge is 2.19. The first-order valence-corrected chi connectivity index (χ1v) is 7.53. The van der Waals surface area contributed by atoms with Crippen LogP contribution in [0.25, 0.3) is 0 Å². The molecule has 0 fully saturated rings. The van der Waals surface area contributed by atoms with Crippen molar-refractivity contribution in [2.24, 2.45) is 10.9 Å². The van der Waals surface area contributed by atoms with Crippen LogP contribution in [0.15, 0.2) is 29.4 Å². The molecule has 0 saturated carbocycles. The van der Waals surface area contributed by atoms with Crippen molar-refractivity contribution in [1.82, 2.24) is 10.3 Å². The molecule has 0 aromatic carbocycles. The van der Waals surface area contributed by atoms with Crippen molar-refractivity contribution in [3.63, 3.8) is 0 Å². The standard InChI is InChI=1S/C14H21N3S/c1-10(2)12-7-9-18-14(17-12)16-11(3)13-6-4-5-8-15-13/h4-6,8,10-12H,7,9H2,1-3H3,(H,16,17). The Kier molecular flexibility index (Phi) is 4.64. The highest BCUT2D eigenvalue weighted by Crippen LogP contribution is 2.23. The summed E-state index contributed by atoms with van der Waals surface area (Å²) in [6, 6.07) is 6.68. The lowest BCUT2D eigenvalue weighted by Gasteiger charge is -2.25. The van der Waals surface area contributed by atoms with Crippen LogP contribution in [0, 0.1) is 5.92 Å². The van der Waals surface area contributed by atoms with E-state index in [0.717, 1.165) is 16.6 Å². The molecule has 1 aliphatic rings. The van der Waals surface area contributed by atoms with Gasteiger partial charge in [0.25, 0.3) is 0 Å². The minimum atomic E-state index is 0.211. The van der Waals surface area contributed by atoms with Gasteiger partial charge in [-0.3, -0.25) is 9.98 Å². The Morgan fingerprint density at radius 2 is 2.17 bits per heavy atom. The van der Waals surface area contributed by atoms with Gasteiger partial charge in [0.05, 0.1) is 17.8 Å². The van der Waals surface area contributed by atoms with Crippen molar-refractivity contribution in [3.05, 3.63) is 30.1 Å². The number of thioether (sulfide) groups is 1. The highest BCUT2D eigenvalue weighted by atomic mass is 32.2. The van der Waals surface area contributed by atoms with E-state index in [1.54, 1.807) is 0 Å². The van der Waals surface area contributed by atoms with Gasteiger partial charge in [-0.05, 0) is 31.4 Å². The molecule has 1 aliphatic heterocycles. The predicted molar refractivity (Wildman–Crippen MR) is 78.9 cm³/mol. The number of amidine groups is 1. The van der Waals surface area contributed by atoms with Crippen molar-refractivity contribution >= 4 is 16.9 Å². The zero-order chi connectivity index (χ0) is 13.0. The number of hydrogen-bond donors (Lipinski definition) is 1. The molecular weight excluding hydrogens is 242 g/mol. The van der Waals surface area contributed by atoms with Gasteiger partial charge < -0.3 is 5.32 Å². The highest BCUT2D eigenvalue weighted by molar-refractivity contribution is 8.13. The van der Waals surface area contributed by atoms with Crippen LogP contribution in [-0.2, 0) is 0 Å². The molecule has 0 amide bonds. The van der Waals surface area contributed by atoms with Crippen LogP contribution >= 0.6 is 11.8 Å². The van der Waals surface area contributed by atoms with Gasteiger partial charge in [0.2, 0.25) is 0 Å². The Balaban J connectivity index is 2.01. The molecule has 2 heterocycles. The van der Waals surface area contributed by atoms with Gasteiger partial charge >= 0.3 is 0 Å². The summed E-state index contributed by atoms with van der Waals surface area (Å²) in [6.07, 6.45) is 3.02. The summed E-state index contributed by atoms with van der Waals surface area (Å²) >= 11 is 1.82. The van der Waals surface area contributed by atoms with Gasteiger partial charge in [-0.25, -0.2) is 0 Å². The summed E-state index contributed by atoms with van der Waals surface area (Å²) in [5.41, 5.74) is 1.06. The van der Waals surface area contributed by atoms with Gasteiger partial charge in [-0.2, -0.15) is 0 Å². The molecule has 0 radical (unpaired) electrons. The Morgan fingerprint density at radius 1 is 1.33 bits per heavy atom.